The zero-order valence-corrected chi connectivity index (χ0v) is 31.3. The van der Waals surface area contributed by atoms with Crippen molar-refractivity contribution in [3.8, 4) is 0 Å². The van der Waals surface area contributed by atoms with E-state index in [1.165, 1.54) is 0 Å². The molecular weight excluding hydrogens is 684 g/mol. The fourth-order valence-corrected chi connectivity index (χ4v) is 10.9. The summed E-state index contributed by atoms with van der Waals surface area (Å²) in [7, 11) is 0. The maximum absolute atomic E-state index is 14.5. The number of esters is 2. The Morgan fingerprint density at radius 1 is 0.694 bits per heavy atom. The Balaban J connectivity index is 1.27. The number of ether oxygens (including phenoxy) is 5. The van der Waals surface area contributed by atoms with Gasteiger partial charge in [-0.05, 0) is 72.3 Å². The molecule has 12 atom stereocenters. The number of alkyl halides is 1. The summed E-state index contributed by atoms with van der Waals surface area (Å²) in [4.78, 5) is 28.5. The normalized spacial score (nSPS) is 40.2. The molecule has 7 rings (SSSR count). The quantitative estimate of drug-likeness (QED) is 0.179. The molecular formula is C41H53BrO7. The number of hydrogen-bond acceptors (Lipinski definition) is 7. The zero-order valence-electron chi connectivity index (χ0n) is 29.8. The zero-order chi connectivity index (χ0) is 34.7. The van der Waals surface area contributed by atoms with Crippen molar-refractivity contribution < 1.29 is 33.3 Å². The van der Waals surface area contributed by atoms with Gasteiger partial charge in [0.1, 0.15) is 17.6 Å². The molecule has 2 saturated heterocycles. The number of cyclic esters (lactones) is 2. The predicted octanol–water partition coefficient (Wildman–Crippen LogP) is 8.63. The summed E-state index contributed by atoms with van der Waals surface area (Å²) >= 11 is 3.82. The second-order valence-electron chi connectivity index (χ2n) is 16.4. The lowest BCUT2D eigenvalue weighted by Crippen LogP contribution is -2.46. The highest BCUT2D eigenvalue weighted by atomic mass is 79.9. The minimum atomic E-state index is -1.37. The molecule has 0 bridgehead atoms. The number of carbonyl (C=O) groups is 2. The van der Waals surface area contributed by atoms with Gasteiger partial charge in [-0.3, -0.25) is 9.59 Å². The van der Waals surface area contributed by atoms with Crippen molar-refractivity contribution in [1.82, 2.24) is 0 Å². The Morgan fingerprint density at radius 2 is 1.16 bits per heavy atom. The molecule has 0 radical (unpaired) electrons. The van der Waals surface area contributed by atoms with Crippen LogP contribution >= 0.6 is 15.9 Å². The van der Waals surface area contributed by atoms with Gasteiger partial charge in [-0.2, -0.15) is 0 Å². The van der Waals surface area contributed by atoms with E-state index in [9.17, 15) is 9.59 Å². The van der Waals surface area contributed by atoms with Crippen LogP contribution in [0.15, 0.2) is 60.7 Å². The first kappa shape index (κ1) is 35.2. The van der Waals surface area contributed by atoms with Crippen LogP contribution < -0.4 is 0 Å². The summed E-state index contributed by atoms with van der Waals surface area (Å²) < 4.78 is 31.9. The highest BCUT2D eigenvalue weighted by molar-refractivity contribution is 9.10. The van der Waals surface area contributed by atoms with Crippen molar-refractivity contribution in [3.63, 3.8) is 0 Å². The second kappa shape index (κ2) is 13.7. The average Bonchev–Trinajstić information content (AvgIpc) is 3.42. The van der Waals surface area contributed by atoms with Gasteiger partial charge in [0, 0.05) is 0 Å². The molecule has 1 spiro atoms. The summed E-state index contributed by atoms with van der Waals surface area (Å²) in [5.74, 6) is 0.890. The maximum Gasteiger partial charge on any atom is 0.327 e. The van der Waals surface area contributed by atoms with Gasteiger partial charge in [0.25, 0.3) is 0 Å². The van der Waals surface area contributed by atoms with E-state index in [-0.39, 0.29) is 12.2 Å². The van der Waals surface area contributed by atoms with E-state index in [0.717, 1.165) is 49.7 Å². The van der Waals surface area contributed by atoms with Crippen LogP contribution in [-0.2, 0) is 33.3 Å². The number of fused-ring (bicyclic) bond motifs is 3. The molecule has 49 heavy (non-hydrogen) atoms. The molecule has 5 aliphatic rings. The molecule has 2 aromatic carbocycles. The van der Waals surface area contributed by atoms with Crippen molar-refractivity contribution >= 4 is 27.9 Å². The molecule has 3 saturated carbocycles. The minimum Gasteiger partial charge on any atom is -0.434 e. The number of carbonyl (C=O) groups excluding carboxylic acids is 2. The van der Waals surface area contributed by atoms with Gasteiger partial charge >= 0.3 is 11.9 Å². The summed E-state index contributed by atoms with van der Waals surface area (Å²) in [5.41, 5.74) is 0.504. The van der Waals surface area contributed by atoms with Gasteiger partial charge in [0.15, 0.2) is 4.32 Å². The minimum absolute atomic E-state index is 0.0743. The van der Waals surface area contributed by atoms with Crippen LogP contribution in [-0.4, -0.2) is 47.2 Å². The molecule has 8 heteroatoms. The summed E-state index contributed by atoms with van der Waals surface area (Å²) in [6.45, 7) is 13.5. The molecule has 5 fully saturated rings. The van der Waals surface area contributed by atoms with Gasteiger partial charge < -0.3 is 23.7 Å². The van der Waals surface area contributed by atoms with E-state index in [0.29, 0.717) is 35.5 Å². The van der Waals surface area contributed by atoms with E-state index in [4.69, 9.17) is 23.7 Å². The van der Waals surface area contributed by atoms with Crippen molar-refractivity contribution in [3.05, 3.63) is 71.8 Å². The van der Waals surface area contributed by atoms with Crippen LogP contribution in [0.1, 0.15) is 97.3 Å². The van der Waals surface area contributed by atoms with E-state index in [1.807, 2.05) is 60.7 Å². The summed E-state index contributed by atoms with van der Waals surface area (Å²) in [6.07, 6.45) is 2.70. The van der Waals surface area contributed by atoms with Gasteiger partial charge in [-0.15, -0.1) is 0 Å². The molecule has 3 aliphatic carbocycles. The number of hydrogen-bond donors (Lipinski definition) is 0. The highest BCUT2D eigenvalue weighted by Gasteiger charge is 2.97. The van der Waals surface area contributed by atoms with Crippen LogP contribution in [0, 0.1) is 46.8 Å². The average molecular weight is 738 g/mol. The van der Waals surface area contributed by atoms with Crippen LogP contribution in [0.5, 0.6) is 0 Å². The van der Waals surface area contributed by atoms with Crippen LogP contribution in [0.3, 0.4) is 0 Å². The molecule has 0 amide bonds. The third kappa shape index (κ3) is 6.00. The molecule has 2 heterocycles. The fourth-order valence-electron chi connectivity index (χ4n) is 9.72. The van der Waals surface area contributed by atoms with Crippen molar-refractivity contribution in [2.45, 2.75) is 121 Å². The SMILES string of the molecule is CC(C)[C@@H]1CC[C@@H](C)C[C@H]1O[C@@H]1OC(=O)[C@]2(Br)[C@H]1[C@@]21C(=O)O[C@@H](O[C@@H]2C[C@H](C)CC[C@H]2C(C)C)[C@@H]1OC(c1ccccc1)c1ccccc1. The van der Waals surface area contributed by atoms with Crippen molar-refractivity contribution in [2.24, 2.45) is 46.8 Å². The molecule has 2 aromatic rings. The lowest BCUT2D eigenvalue weighted by molar-refractivity contribution is -0.223. The van der Waals surface area contributed by atoms with E-state index >= 15 is 0 Å². The van der Waals surface area contributed by atoms with E-state index in [1.54, 1.807) is 0 Å². The third-order valence-corrected chi connectivity index (χ3v) is 14.0. The van der Waals surface area contributed by atoms with E-state index in [2.05, 4.69) is 57.5 Å². The Bertz CT molecular complexity index is 1440. The van der Waals surface area contributed by atoms with Crippen LogP contribution in [0.2, 0.25) is 0 Å². The highest BCUT2D eigenvalue weighted by Crippen LogP contribution is 2.78. The molecule has 0 unspecified atom stereocenters. The molecule has 2 aliphatic heterocycles. The Kier molecular flexibility index (Phi) is 9.83. The summed E-state index contributed by atoms with van der Waals surface area (Å²) in [6, 6.07) is 20.0. The Labute approximate surface area is 300 Å². The smallest absolute Gasteiger partial charge is 0.327 e. The lowest BCUT2D eigenvalue weighted by Gasteiger charge is -2.40. The van der Waals surface area contributed by atoms with Gasteiger partial charge in [-0.1, -0.05) is 131 Å². The first-order valence-electron chi connectivity index (χ1n) is 18.6. The van der Waals surface area contributed by atoms with Gasteiger partial charge in [-0.25, -0.2) is 0 Å². The predicted molar refractivity (Wildman–Crippen MR) is 189 cm³/mol. The van der Waals surface area contributed by atoms with Crippen molar-refractivity contribution in [1.29, 1.82) is 0 Å². The number of halogens is 1. The monoisotopic (exact) mass is 736 g/mol. The van der Waals surface area contributed by atoms with Crippen LogP contribution in [0.25, 0.3) is 0 Å². The standard InChI is InChI=1S/C41H53BrO7/c1-23(2)29-19-17-25(5)21-31(29)45-36-34-40(41(34,42)39(44)48-36)35(47-33(27-13-9-7-10-14-27)28-15-11-8-12-16-28)37(49-38(40)43)46-32-22-26(6)18-20-30(32)24(3)4/h7-16,23-26,29-37H,17-22H2,1-6H3/t25-,26-,29+,30+,31-,32-,34-,35+,36-,37-,40-,41-/m1/s1. The third-order valence-electron chi connectivity index (χ3n) is 12.5. The van der Waals surface area contributed by atoms with Gasteiger partial charge in [0.2, 0.25) is 12.6 Å². The first-order chi connectivity index (χ1) is 23.5. The number of rotatable bonds is 10. The molecule has 0 aromatic heterocycles. The molecule has 7 nitrogen and oxygen atoms in total. The number of benzene rings is 2. The fraction of sp³-hybridized carbons (Fsp3) is 0.659. The largest absolute Gasteiger partial charge is 0.434 e. The molecule has 266 valence electrons. The first-order valence-corrected chi connectivity index (χ1v) is 19.4. The lowest BCUT2D eigenvalue weighted by atomic mass is 9.75. The van der Waals surface area contributed by atoms with Crippen LogP contribution in [0.4, 0.5) is 0 Å². The Morgan fingerprint density at radius 3 is 1.65 bits per heavy atom. The maximum atomic E-state index is 14.5. The topological polar surface area (TPSA) is 80.3 Å². The summed E-state index contributed by atoms with van der Waals surface area (Å²) in [5, 5.41) is 0. The van der Waals surface area contributed by atoms with E-state index < -0.39 is 52.4 Å². The van der Waals surface area contributed by atoms with Gasteiger partial charge in [0.05, 0.1) is 18.1 Å². The second-order valence-corrected chi connectivity index (χ2v) is 17.6. The molecule has 0 N–H and O–H groups in total. The Hall–Kier alpha value is -2.26. The van der Waals surface area contributed by atoms with Crippen molar-refractivity contribution in [2.75, 3.05) is 0 Å².